The fourth-order valence-electron chi connectivity index (χ4n) is 3.57. The zero-order valence-electron chi connectivity index (χ0n) is 19.2. The van der Waals surface area contributed by atoms with Gasteiger partial charge in [-0.25, -0.2) is 8.42 Å². The lowest BCUT2D eigenvalue weighted by Gasteiger charge is -2.34. The van der Waals surface area contributed by atoms with E-state index in [1.807, 2.05) is 6.92 Å². The first-order valence-corrected chi connectivity index (χ1v) is 12.7. The summed E-state index contributed by atoms with van der Waals surface area (Å²) in [7, 11) is -2.40. The number of halogens is 1. The van der Waals surface area contributed by atoms with Gasteiger partial charge in [0.2, 0.25) is 0 Å². The van der Waals surface area contributed by atoms with E-state index in [1.54, 1.807) is 55.6 Å². The molecule has 0 aliphatic carbocycles. The molecule has 1 N–H and O–H groups in total. The highest BCUT2D eigenvalue weighted by Gasteiger charge is 2.37. The maximum absolute atomic E-state index is 13.5. The summed E-state index contributed by atoms with van der Waals surface area (Å²) in [6.45, 7) is 2.09. The van der Waals surface area contributed by atoms with Gasteiger partial charge in [0.25, 0.3) is 15.9 Å². The van der Waals surface area contributed by atoms with Crippen molar-refractivity contribution in [1.82, 2.24) is 5.32 Å². The van der Waals surface area contributed by atoms with Crippen molar-refractivity contribution in [3.8, 4) is 17.2 Å². The number of carbonyl (C=O) groups excluding carboxylic acids is 1. The molecule has 8 nitrogen and oxygen atoms in total. The number of rotatable bonds is 8. The number of hydrogen-bond donors (Lipinski definition) is 1. The normalized spacial score (nSPS) is 15.1. The molecule has 0 unspecified atom stereocenters. The second-order valence-corrected chi connectivity index (χ2v) is 10.2. The van der Waals surface area contributed by atoms with Gasteiger partial charge in [0.1, 0.15) is 23.9 Å². The number of carbonyl (C=O) groups is 1. The number of amides is 1. The maximum atomic E-state index is 13.5. The van der Waals surface area contributed by atoms with Gasteiger partial charge in [-0.2, -0.15) is 0 Å². The Labute approximate surface area is 209 Å². The highest BCUT2D eigenvalue weighted by atomic mass is 35.5. The van der Waals surface area contributed by atoms with E-state index in [9.17, 15) is 13.2 Å². The topological polar surface area (TPSA) is 94.2 Å². The third-order valence-electron chi connectivity index (χ3n) is 5.40. The number of benzene rings is 3. The number of fused-ring (bicyclic) bond motifs is 1. The summed E-state index contributed by atoms with van der Waals surface area (Å²) in [5.74, 6) is 1.07. The van der Waals surface area contributed by atoms with Crippen LogP contribution in [0, 0.1) is 6.92 Å². The van der Waals surface area contributed by atoms with Gasteiger partial charge in [-0.1, -0.05) is 35.4 Å². The van der Waals surface area contributed by atoms with Gasteiger partial charge in [-0.3, -0.25) is 9.10 Å². The van der Waals surface area contributed by atoms with Crippen LogP contribution in [0.2, 0.25) is 5.02 Å². The Hall–Kier alpha value is -3.43. The third kappa shape index (κ3) is 5.63. The fourth-order valence-corrected chi connectivity index (χ4v) is 5.21. The van der Waals surface area contributed by atoms with E-state index in [1.165, 1.54) is 22.5 Å². The number of ether oxygens (including phenoxy) is 3. The summed E-state index contributed by atoms with van der Waals surface area (Å²) >= 11 is 6.13. The molecular weight excluding hydrogens is 492 g/mol. The molecule has 1 atom stereocenters. The van der Waals surface area contributed by atoms with Crippen LogP contribution in [0.4, 0.5) is 5.69 Å². The molecule has 0 saturated heterocycles. The number of nitrogens with zero attached hydrogens (tertiary/aromatic N) is 1. The molecule has 1 amide bonds. The Bertz CT molecular complexity index is 1310. The Balaban J connectivity index is 1.47. The van der Waals surface area contributed by atoms with Crippen molar-refractivity contribution in [2.75, 3.05) is 31.1 Å². The Morgan fingerprint density at radius 1 is 1.11 bits per heavy atom. The van der Waals surface area contributed by atoms with E-state index >= 15 is 0 Å². The molecule has 3 aromatic carbocycles. The predicted molar refractivity (Wildman–Crippen MR) is 133 cm³/mol. The van der Waals surface area contributed by atoms with Crippen LogP contribution in [0.1, 0.15) is 5.56 Å². The lowest BCUT2D eigenvalue weighted by molar-refractivity contribution is -0.127. The summed E-state index contributed by atoms with van der Waals surface area (Å²) in [5.41, 5.74) is 1.21. The van der Waals surface area contributed by atoms with Crippen molar-refractivity contribution >= 4 is 33.2 Å². The number of aryl methyl sites for hydroxylation is 1. The molecule has 184 valence electrons. The van der Waals surface area contributed by atoms with Gasteiger partial charge in [0, 0.05) is 11.1 Å². The number of hydrogen-bond acceptors (Lipinski definition) is 6. The van der Waals surface area contributed by atoms with E-state index in [2.05, 4.69) is 5.32 Å². The summed E-state index contributed by atoms with van der Waals surface area (Å²) < 4.78 is 44.8. The predicted octanol–water partition coefficient (Wildman–Crippen LogP) is 3.81. The van der Waals surface area contributed by atoms with Crippen LogP contribution in [-0.2, 0) is 14.8 Å². The minimum Gasteiger partial charge on any atom is -0.497 e. The minimum absolute atomic E-state index is 0.113. The molecule has 0 fully saturated rings. The molecule has 0 spiro atoms. The molecule has 0 bridgehead atoms. The van der Waals surface area contributed by atoms with Gasteiger partial charge in [0.15, 0.2) is 6.10 Å². The summed E-state index contributed by atoms with van der Waals surface area (Å²) in [6, 6.07) is 18.3. The molecule has 0 aromatic heterocycles. The van der Waals surface area contributed by atoms with Crippen molar-refractivity contribution in [2.24, 2.45) is 0 Å². The first kappa shape index (κ1) is 24.7. The lowest BCUT2D eigenvalue weighted by atomic mass is 10.2. The van der Waals surface area contributed by atoms with Crippen LogP contribution in [-0.4, -0.2) is 47.2 Å². The van der Waals surface area contributed by atoms with Gasteiger partial charge in [-0.05, 0) is 49.4 Å². The van der Waals surface area contributed by atoms with Crippen LogP contribution >= 0.6 is 11.6 Å². The van der Waals surface area contributed by atoms with Crippen molar-refractivity contribution in [1.29, 1.82) is 0 Å². The average molecular weight is 517 g/mol. The highest BCUT2D eigenvalue weighted by molar-refractivity contribution is 7.92. The van der Waals surface area contributed by atoms with Crippen molar-refractivity contribution in [3.63, 3.8) is 0 Å². The summed E-state index contributed by atoms with van der Waals surface area (Å²) in [6.07, 6.45) is -1.05. The smallest absolute Gasteiger partial charge is 0.264 e. The molecule has 35 heavy (non-hydrogen) atoms. The van der Waals surface area contributed by atoms with Crippen molar-refractivity contribution in [2.45, 2.75) is 17.9 Å². The van der Waals surface area contributed by atoms with E-state index in [0.717, 1.165) is 5.56 Å². The molecule has 0 radical (unpaired) electrons. The zero-order chi connectivity index (χ0) is 25.0. The first-order chi connectivity index (χ1) is 16.8. The summed E-state index contributed by atoms with van der Waals surface area (Å²) in [4.78, 5) is 13.0. The van der Waals surface area contributed by atoms with Crippen molar-refractivity contribution in [3.05, 3.63) is 77.3 Å². The zero-order valence-corrected chi connectivity index (χ0v) is 20.8. The lowest BCUT2D eigenvalue weighted by Crippen LogP contribution is -2.51. The standard InChI is InChI=1S/C25H25ClN2O6S/c1-17-6-9-21(10-7-17)35(30,31)28-16-24(34-23-11-8-18(26)14-22(23)28)25(29)27-12-13-33-20-5-3-4-19(15-20)32-2/h3-11,14-15,24H,12-13,16H2,1-2H3,(H,27,29)/t24-/m1/s1. The summed E-state index contributed by atoms with van der Waals surface area (Å²) in [5, 5.41) is 3.10. The van der Waals surface area contributed by atoms with Gasteiger partial charge in [-0.15, -0.1) is 0 Å². The number of nitrogens with one attached hydrogen (secondary N) is 1. The molecule has 0 saturated carbocycles. The third-order valence-corrected chi connectivity index (χ3v) is 7.43. The van der Waals surface area contributed by atoms with E-state index in [0.29, 0.717) is 16.5 Å². The number of anilines is 1. The SMILES string of the molecule is COc1cccc(OCCNC(=O)[C@H]2CN(S(=O)(=O)c3ccc(C)cc3)c3cc(Cl)ccc3O2)c1. The van der Waals surface area contributed by atoms with Crippen LogP contribution in [0.15, 0.2) is 71.6 Å². The van der Waals surface area contributed by atoms with Gasteiger partial charge in [0.05, 0.1) is 30.8 Å². The second-order valence-electron chi connectivity index (χ2n) is 7.89. The van der Waals surface area contributed by atoms with Gasteiger partial charge < -0.3 is 19.5 Å². The van der Waals surface area contributed by atoms with Gasteiger partial charge >= 0.3 is 0 Å². The van der Waals surface area contributed by atoms with E-state index < -0.39 is 22.0 Å². The van der Waals surface area contributed by atoms with Crippen LogP contribution in [0.5, 0.6) is 17.2 Å². The molecule has 4 rings (SSSR count). The number of methoxy groups -OCH3 is 1. The van der Waals surface area contributed by atoms with E-state index in [4.69, 9.17) is 25.8 Å². The Kier molecular flexibility index (Phi) is 7.37. The monoisotopic (exact) mass is 516 g/mol. The molecule has 1 aliphatic rings. The molecule has 10 heteroatoms. The number of sulfonamides is 1. The maximum Gasteiger partial charge on any atom is 0.264 e. The first-order valence-electron chi connectivity index (χ1n) is 10.9. The average Bonchev–Trinajstić information content (AvgIpc) is 2.86. The molecule has 3 aromatic rings. The molecular formula is C25H25ClN2O6S. The second kappa shape index (κ2) is 10.5. The van der Waals surface area contributed by atoms with Crippen LogP contribution in [0.25, 0.3) is 0 Å². The molecule has 1 aliphatic heterocycles. The molecule has 1 heterocycles. The minimum atomic E-state index is -3.97. The van der Waals surface area contributed by atoms with Crippen molar-refractivity contribution < 1.29 is 27.4 Å². The Morgan fingerprint density at radius 2 is 1.86 bits per heavy atom. The Morgan fingerprint density at radius 3 is 2.60 bits per heavy atom. The largest absolute Gasteiger partial charge is 0.497 e. The quantitative estimate of drug-likeness (QED) is 0.458. The fraction of sp³-hybridized carbons (Fsp3) is 0.240. The van der Waals surface area contributed by atoms with Crippen LogP contribution in [0.3, 0.4) is 0 Å². The van der Waals surface area contributed by atoms with E-state index in [-0.39, 0.29) is 36.0 Å². The highest BCUT2D eigenvalue weighted by Crippen LogP contribution is 2.38. The van der Waals surface area contributed by atoms with Crippen LogP contribution < -0.4 is 23.8 Å².